The number of carbonyl (C=O) groups excluding carboxylic acids is 1. The third kappa shape index (κ3) is 5.40. The van der Waals surface area contributed by atoms with E-state index in [0.29, 0.717) is 28.6 Å². The summed E-state index contributed by atoms with van der Waals surface area (Å²) in [5, 5.41) is 13.9. The Kier molecular flexibility index (Phi) is 6.20. The number of amides is 1. The highest BCUT2D eigenvalue weighted by Crippen LogP contribution is 2.39. The molecule has 7 heteroatoms. The second-order valence-corrected chi connectivity index (χ2v) is 8.48. The fourth-order valence-electron chi connectivity index (χ4n) is 3.37. The number of rotatable bonds is 8. The van der Waals surface area contributed by atoms with E-state index in [9.17, 15) is 9.90 Å². The van der Waals surface area contributed by atoms with Gasteiger partial charge in [-0.25, -0.2) is 4.98 Å². The average Bonchev–Trinajstić information content (AvgIpc) is 3.64. The highest BCUT2D eigenvalue weighted by Gasteiger charge is 2.40. The molecule has 0 saturated heterocycles. The van der Waals surface area contributed by atoms with E-state index < -0.39 is 5.60 Å². The molecule has 2 heterocycles. The van der Waals surface area contributed by atoms with Crippen molar-refractivity contribution in [2.75, 3.05) is 6.54 Å². The first-order valence-corrected chi connectivity index (χ1v) is 10.6. The molecule has 1 saturated carbocycles. The minimum Gasteiger partial charge on any atom is -0.472 e. The number of carbonyl (C=O) groups is 1. The summed E-state index contributed by atoms with van der Waals surface area (Å²) in [6.07, 6.45) is 6.89. The SMILES string of the molecule is C[C@@](O)(CNC(=O)c1cnc(OCc2ccncc2)c(-c2ccc(Cl)cc2)c1)C1CC1. The second-order valence-electron chi connectivity index (χ2n) is 8.04. The lowest BCUT2D eigenvalue weighted by Crippen LogP contribution is -2.42. The summed E-state index contributed by atoms with van der Waals surface area (Å²) in [5.41, 5.74) is 1.99. The average molecular weight is 438 g/mol. The molecule has 6 nitrogen and oxygen atoms in total. The summed E-state index contributed by atoms with van der Waals surface area (Å²) in [6.45, 7) is 2.29. The molecule has 4 rings (SSSR count). The van der Waals surface area contributed by atoms with Crippen LogP contribution in [0.25, 0.3) is 11.1 Å². The Hall–Kier alpha value is -2.96. The molecule has 160 valence electrons. The number of hydrogen-bond acceptors (Lipinski definition) is 5. The Morgan fingerprint density at radius 1 is 1.23 bits per heavy atom. The van der Waals surface area contributed by atoms with Crippen molar-refractivity contribution in [3.05, 3.63) is 77.2 Å². The van der Waals surface area contributed by atoms with Crippen molar-refractivity contribution in [1.29, 1.82) is 0 Å². The van der Waals surface area contributed by atoms with Gasteiger partial charge >= 0.3 is 0 Å². The van der Waals surface area contributed by atoms with Gasteiger partial charge in [0.2, 0.25) is 5.88 Å². The zero-order valence-electron chi connectivity index (χ0n) is 17.2. The van der Waals surface area contributed by atoms with Crippen LogP contribution in [0.5, 0.6) is 5.88 Å². The second kappa shape index (κ2) is 9.04. The van der Waals surface area contributed by atoms with Crippen molar-refractivity contribution >= 4 is 17.5 Å². The van der Waals surface area contributed by atoms with Gasteiger partial charge in [0.15, 0.2) is 0 Å². The third-order valence-corrected chi connectivity index (χ3v) is 5.71. The van der Waals surface area contributed by atoms with Gasteiger partial charge in [-0.15, -0.1) is 0 Å². The Morgan fingerprint density at radius 2 is 1.94 bits per heavy atom. The maximum absolute atomic E-state index is 12.7. The van der Waals surface area contributed by atoms with Crippen LogP contribution in [0, 0.1) is 5.92 Å². The first-order valence-electron chi connectivity index (χ1n) is 10.2. The molecule has 1 atom stereocenters. The lowest BCUT2D eigenvalue weighted by Gasteiger charge is -2.23. The Labute approximate surface area is 186 Å². The number of hydrogen-bond donors (Lipinski definition) is 2. The predicted molar refractivity (Wildman–Crippen MR) is 119 cm³/mol. The number of nitrogens with one attached hydrogen (secondary N) is 1. The number of aliphatic hydroxyl groups is 1. The quantitative estimate of drug-likeness (QED) is 0.549. The van der Waals surface area contributed by atoms with Crippen molar-refractivity contribution in [2.45, 2.75) is 32.0 Å². The van der Waals surface area contributed by atoms with Crippen LogP contribution in [0.1, 0.15) is 35.7 Å². The van der Waals surface area contributed by atoms with Gasteiger partial charge in [-0.1, -0.05) is 23.7 Å². The Balaban J connectivity index is 1.56. The monoisotopic (exact) mass is 437 g/mol. The summed E-state index contributed by atoms with van der Waals surface area (Å²) in [7, 11) is 0. The van der Waals surface area contributed by atoms with E-state index in [1.54, 1.807) is 37.5 Å². The molecule has 1 amide bonds. The van der Waals surface area contributed by atoms with Gasteiger partial charge in [0.05, 0.1) is 11.2 Å². The van der Waals surface area contributed by atoms with Crippen LogP contribution in [0.15, 0.2) is 61.1 Å². The van der Waals surface area contributed by atoms with Gasteiger partial charge in [0, 0.05) is 35.7 Å². The van der Waals surface area contributed by atoms with Crippen molar-refractivity contribution < 1.29 is 14.6 Å². The molecule has 2 aromatic heterocycles. The zero-order valence-corrected chi connectivity index (χ0v) is 18.0. The number of nitrogens with zero attached hydrogens (tertiary/aromatic N) is 2. The summed E-state index contributed by atoms with van der Waals surface area (Å²) in [5.74, 6) is 0.379. The minimum atomic E-state index is -0.893. The van der Waals surface area contributed by atoms with E-state index in [1.807, 2.05) is 24.3 Å². The first-order chi connectivity index (χ1) is 14.9. The van der Waals surface area contributed by atoms with E-state index in [0.717, 1.165) is 24.0 Å². The standard InChI is InChI=1S/C24H24ClN3O3/c1-24(30,19-4-5-19)15-28-22(29)18-12-21(17-2-6-20(25)7-3-17)23(27-13-18)31-14-16-8-10-26-11-9-16/h2-3,6-13,19,30H,4-5,14-15H2,1H3,(H,28,29)/t24-/m1/s1. The molecule has 1 aliphatic carbocycles. The van der Waals surface area contributed by atoms with Crippen LogP contribution in [0.4, 0.5) is 0 Å². The number of aromatic nitrogens is 2. The molecule has 2 N–H and O–H groups in total. The molecule has 1 aliphatic rings. The van der Waals surface area contributed by atoms with Gasteiger partial charge < -0.3 is 15.2 Å². The molecule has 0 unspecified atom stereocenters. The fraction of sp³-hybridized carbons (Fsp3) is 0.292. The maximum atomic E-state index is 12.7. The zero-order chi connectivity index (χ0) is 21.8. The lowest BCUT2D eigenvalue weighted by atomic mass is 10.0. The number of pyridine rings is 2. The van der Waals surface area contributed by atoms with Crippen LogP contribution in [0.2, 0.25) is 5.02 Å². The van der Waals surface area contributed by atoms with Gasteiger partial charge in [0.1, 0.15) is 6.61 Å². The van der Waals surface area contributed by atoms with Crippen LogP contribution >= 0.6 is 11.6 Å². The molecule has 1 aromatic carbocycles. The van der Waals surface area contributed by atoms with Crippen molar-refractivity contribution in [3.63, 3.8) is 0 Å². The molecular formula is C24H24ClN3O3. The van der Waals surface area contributed by atoms with E-state index in [2.05, 4.69) is 15.3 Å². The van der Waals surface area contributed by atoms with Crippen LogP contribution in [0.3, 0.4) is 0 Å². The van der Waals surface area contributed by atoms with E-state index in [1.165, 1.54) is 6.20 Å². The summed E-state index contributed by atoms with van der Waals surface area (Å²) < 4.78 is 5.95. The number of halogens is 1. The van der Waals surface area contributed by atoms with Crippen LogP contribution in [-0.4, -0.2) is 33.1 Å². The molecule has 0 aliphatic heterocycles. The van der Waals surface area contributed by atoms with Gasteiger partial charge in [-0.3, -0.25) is 9.78 Å². The van der Waals surface area contributed by atoms with Crippen LogP contribution in [-0.2, 0) is 6.61 Å². The summed E-state index contributed by atoms with van der Waals surface area (Å²) in [6, 6.07) is 12.8. The molecule has 0 spiro atoms. The lowest BCUT2D eigenvalue weighted by molar-refractivity contribution is 0.0354. The summed E-state index contributed by atoms with van der Waals surface area (Å²) >= 11 is 6.04. The van der Waals surface area contributed by atoms with Crippen molar-refractivity contribution in [3.8, 4) is 17.0 Å². The number of ether oxygens (including phenoxy) is 1. The maximum Gasteiger partial charge on any atom is 0.252 e. The van der Waals surface area contributed by atoms with Gasteiger partial charge in [-0.05, 0) is 67.1 Å². The highest BCUT2D eigenvalue weighted by atomic mass is 35.5. The van der Waals surface area contributed by atoms with Gasteiger partial charge in [0.25, 0.3) is 5.91 Å². The predicted octanol–water partition coefficient (Wildman–Crippen LogP) is 4.27. The highest BCUT2D eigenvalue weighted by molar-refractivity contribution is 6.30. The first kappa shape index (κ1) is 21.3. The smallest absolute Gasteiger partial charge is 0.252 e. The topological polar surface area (TPSA) is 84.3 Å². The molecule has 3 aromatic rings. The molecule has 0 radical (unpaired) electrons. The normalized spacial score (nSPS) is 15.2. The number of benzene rings is 1. The molecular weight excluding hydrogens is 414 g/mol. The Bertz CT molecular complexity index is 1050. The van der Waals surface area contributed by atoms with E-state index >= 15 is 0 Å². The fourth-order valence-corrected chi connectivity index (χ4v) is 3.50. The van der Waals surface area contributed by atoms with Crippen molar-refractivity contribution in [1.82, 2.24) is 15.3 Å². The molecule has 31 heavy (non-hydrogen) atoms. The van der Waals surface area contributed by atoms with E-state index in [-0.39, 0.29) is 18.4 Å². The van der Waals surface area contributed by atoms with E-state index in [4.69, 9.17) is 16.3 Å². The summed E-state index contributed by atoms with van der Waals surface area (Å²) in [4.78, 5) is 21.2. The minimum absolute atomic E-state index is 0.201. The molecule has 1 fully saturated rings. The van der Waals surface area contributed by atoms with Crippen LogP contribution < -0.4 is 10.1 Å². The third-order valence-electron chi connectivity index (χ3n) is 5.46. The Morgan fingerprint density at radius 3 is 2.61 bits per heavy atom. The largest absolute Gasteiger partial charge is 0.472 e. The van der Waals surface area contributed by atoms with Gasteiger partial charge in [-0.2, -0.15) is 0 Å². The van der Waals surface area contributed by atoms with Crippen molar-refractivity contribution in [2.24, 2.45) is 5.92 Å². The molecule has 0 bridgehead atoms.